The summed E-state index contributed by atoms with van der Waals surface area (Å²) >= 11 is 0. The molecule has 0 N–H and O–H groups in total. The Morgan fingerprint density at radius 2 is 2.11 bits per heavy atom. The number of nitrogens with zero attached hydrogens (tertiary/aromatic N) is 3. The predicted molar refractivity (Wildman–Crippen MR) is 76.0 cm³/mol. The van der Waals surface area contributed by atoms with E-state index in [4.69, 9.17) is 0 Å². The summed E-state index contributed by atoms with van der Waals surface area (Å²) in [5.41, 5.74) is 1.66. The lowest BCUT2D eigenvalue weighted by Crippen LogP contribution is -2.43. The van der Waals surface area contributed by atoms with E-state index in [2.05, 4.69) is 9.88 Å². The number of anilines is 2. The van der Waals surface area contributed by atoms with Gasteiger partial charge in [-0.1, -0.05) is 12.8 Å². The summed E-state index contributed by atoms with van der Waals surface area (Å²) in [5.74, 6) is 0.894. The maximum Gasteiger partial charge on any atom is 0.235 e. The van der Waals surface area contributed by atoms with Gasteiger partial charge < -0.3 is 4.90 Å². The highest BCUT2D eigenvalue weighted by Crippen LogP contribution is 2.36. The van der Waals surface area contributed by atoms with Crippen LogP contribution in [0, 0.1) is 5.92 Å². The van der Waals surface area contributed by atoms with Gasteiger partial charge in [0.2, 0.25) is 10.0 Å². The molecule has 0 saturated heterocycles. The van der Waals surface area contributed by atoms with Crippen LogP contribution in [0.15, 0.2) is 18.5 Å². The third-order valence-corrected chi connectivity index (χ3v) is 5.72. The maximum absolute atomic E-state index is 12.5. The van der Waals surface area contributed by atoms with Crippen LogP contribution in [0.1, 0.15) is 19.3 Å². The van der Waals surface area contributed by atoms with E-state index in [0.717, 1.165) is 18.7 Å². The molecule has 2 aliphatic rings. The van der Waals surface area contributed by atoms with Gasteiger partial charge >= 0.3 is 0 Å². The monoisotopic (exact) mass is 281 g/mol. The van der Waals surface area contributed by atoms with E-state index in [-0.39, 0.29) is 5.75 Å². The summed E-state index contributed by atoms with van der Waals surface area (Å²) in [6.07, 6.45) is 6.53. The molecule has 1 saturated carbocycles. The molecular weight excluding hydrogens is 262 g/mol. The Hall–Kier alpha value is -1.30. The van der Waals surface area contributed by atoms with Crippen molar-refractivity contribution < 1.29 is 8.42 Å². The fraction of sp³-hybridized carbons (Fsp3) is 0.615. The minimum Gasteiger partial charge on any atom is -0.371 e. The number of aromatic nitrogens is 1. The summed E-state index contributed by atoms with van der Waals surface area (Å²) in [7, 11) is -1.23. The molecule has 0 radical (unpaired) electrons. The lowest BCUT2D eigenvalue weighted by molar-refractivity contribution is 0.583. The Labute approximate surface area is 114 Å². The van der Waals surface area contributed by atoms with Crippen molar-refractivity contribution in [3.63, 3.8) is 0 Å². The van der Waals surface area contributed by atoms with E-state index in [1.807, 2.05) is 13.1 Å². The fourth-order valence-electron chi connectivity index (χ4n) is 2.50. The minimum atomic E-state index is -3.21. The van der Waals surface area contributed by atoms with Crippen LogP contribution in [-0.2, 0) is 10.0 Å². The van der Waals surface area contributed by atoms with E-state index in [1.165, 1.54) is 17.1 Å². The van der Waals surface area contributed by atoms with Crippen molar-refractivity contribution in [2.75, 3.05) is 35.1 Å². The molecule has 0 unspecified atom stereocenters. The predicted octanol–water partition coefficient (Wildman–Crippen LogP) is 1.47. The second-order valence-corrected chi connectivity index (χ2v) is 7.42. The first-order chi connectivity index (χ1) is 9.08. The van der Waals surface area contributed by atoms with Gasteiger partial charge in [0.25, 0.3) is 0 Å². The summed E-state index contributed by atoms with van der Waals surface area (Å²) < 4.78 is 26.5. The van der Waals surface area contributed by atoms with E-state index < -0.39 is 10.0 Å². The maximum atomic E-state index is 12.5. The molecule has 1 aromatic rings. The quantitative estimate of drug-likeness (QED) is 0.838. The second kappa shape index (κ2) is 4.67. The summed E-state index contributed by atoms with van der Waals surface area (Å²) in [6, 6.07) is 1.87. The number of hydrogen-bond acceptors (Lipinski definition) is 4. The number of fused-ring (bicyclic) bond motifs is 1. The lowest BCUT2D eigenvalue weighted by Gasteiger charge is -2.35. The molecule has 1 fully saturated rings. The first-order valence-electron chi connectivity index (χ1n) is 6.73. The van der Waals surface area contributed by atoms with Crippen molar-refractivity contribution in [3.05, 3.63) is 18.5 Å². The number of hydrogen-bond donors (Lipinski definition) is 0. The van der Waals surface area contributed by atoms with Crippen LogP contribution in [0.25, 0.3) is 0 Å². The van der Waals surface area contributed by atoms with Gasteiger partial charge in [0.15, 0.2) is 0 Å². The van der Waals surface area contributed by atoms with E-state index >= 15 is 0 Å². The van der Waals surface area contributed by atoms with Crippen LogP contribution in [0.5, 0.6) is 0 Å². The van der Waals surface area contributed by atoms with Gasteiger partial charge in [-0.25, -0.2) is 8.42 Å². The first-order valence-corrected chi connectivity index (χ1v) is 8.34. The molecule has 0 bridgehead atoms. The van der Waals surface area contributed by atoms with E-state index in [0.29, 0.717) is 18.2 Å². The molecule has 1 aliphatic carbocycles. The van der Waals surface area contributed by atoms with Crippen molar-refractivity contribution in [1.82, 2.24) is 4.98 Å². The molecule has 1 aliphatic heterocycles. The lowest BCUT2D eigenvalue weighted by atomic mass is 10.2. The first kappa shape index (κ1) is 12.7. The molecule has 5 nitrogen and oxygen atoms in total. The van der Waals surface area contributed by atoms with Gasteiger partial charge in [-0.2, -0.15) is 0 Å². The molecule has 1 aromatic heterocycles. The van der Waals surface area contributed by atoms with Gasteiger partial charge in [0.05, 0.1) is 29.9 Å². The standard InChI is InChI=1S/C13H19N3O2S/c1-15-7-8-16(13-10-14-6-4-12(13)15)19(17,18)9-5-11-2-3-11/h4,6,10-11H,2-3,5,7-9H2,1H3. The highest BCUT2D eigenvalue weighted by Gasteiger charge is 2.31. The normalized spacial score (nSPS) is 19.4. The van der Waals surface area contributed by atoms with Crippen LogP contribution in [0.4, 0.5) is 11.4 Å². The van der Waals surface area contributed by atoms with Gasteiger partial charge in [-0.05, 0) is 18.4 Å². The minimum absolute atomic E-state index is 0.260. The topological polar surface area (TPSA) is 53.5 Å². The molecule has 19 heavy (non-hydrogen) atoms. The zero-order chi connectivity index (χ0) is 13.5. The fourth-order valence-corrected chi connectivity index (χ4v) is 4.15. The second-order valence-electron chi connectivity index (χ2n) is 5.41. The van der Waals surface area contributed by atoms with Crippen LogP contribution >= 0.6 is 0 Å². The number of likely N-dealkylation sites (N-methyl/N-ethyl adjacent to an activating group) is 1. The molecular formula is C13H19N3O2S. The van der Waals surface area contributed by atoms with Crippen molar-refractivity contribution in [1.29, 1.82) is 0 Å². The Kier molecular flexibility index (Phi) is 3.12. The largest absolute Gasteiger partial charge is 0.371 e. The third-order valence-electron chi connectivity index (χ3n) is 3.91. The smallest absolute Gasteiger partial charge is 0.235 e. The molecule has 0 atom stereocenters. The molecule has 6 heteroatoms. The zero-order valence-electron chi connectivity index (χ0n) is 11.1. The molecule has 0 aromatic carbocycles. The average Bonchev–Trinajstić information content (AvgIpc) is 3.21. The molecule has 104 valence electrons. The summed E-state index contributed by atoms with van der Waals surface area (Å²) in [5, 5.41) is 0. The summed E-state index contributed by atoms with van der Waals surface area (Å²) in [6.45, 7) is 1.24. The van der Waals surface area contributed by atoms with Crippen molar-refractivity contribution >= 4 is 21.4 Å². The number of rotatable bonds is 4. The Bertz CT molecular complexity index is 569. The van der Waals surface area contributed by atoms with Crippen molar-refractivity contribution in [2.45, 2.75) is 19.3 Å². The highest BCUT2D eigenvalue weighted by molar-refractivity contribution is 7.92. The van der Waals surface area contributed by atoms with Crippen LogP contribution < -0.4 is 9.21 Å². The van der Waals surface area contributed by atoms with Gasteiger partial charge in [-0.15, -0.1) is 0 Å². The van der Waals surface area contributed by atoms with E-state index in [9.17, 15) is 8.42 Å². The number of sulfonamides is 1. The number of pyridine rings is 1. The van der Waals surface area contributed by atoms with Crippen LogP contribution in [0.3, 0.4) is 0 Å². The van der Waals surface area contributed by atoms with Gasteiger partial charge in [0, 0.05) is 19.8 Å². The van der Waals surface area contributed by atoms with Crippen molar-refractivity contribution in [2.24, 2.45) is 5.92 Å². The van der Waals surface area contributed by atoms with Gasteiger partial charge in [-0.3, -0.25) is 9.29 Å². The zero-order valence-corrected chi connectivity index (χ0v) is 11.9. The van der Waals surface area contributed by atoms with Crippen LogP contribution in [-0.4, -0.2) is 39.3 Å². The molecule has 0 amide bonds. The van der Waals surface area contributed by atoms with Crippen LogP contribution in [0.2, 0.25) is 0 Å². The summed E-state index contributed by atoms with van der Waals surface area (Å²) in [4.78, 5) is 6.14. The Morgan fingerprint density at radius 3 is 2.84 bits per heavy atom. The SMILES string of the molecule is CN1CCN(S(=O)(=O)CCC2CC2)c2cnccc21. The molecule has 0 spiro atoms. The third kappa shape index (κ3) is 2.54. The highest BCUT2D eigenvalue weighted by atomic mass is 32.2. The molecule has 3 rings (SSSR count). The van der Waals surface area contributed by atoms with Crippen molar-refractivity contribution in [3.8, 4) is 0 Å². The average molecular weight is 281 g/mol. The Balaban J connectivity index is 1.86. The Morgan fingerprint density at radius 1 is 1.32 bits per heavy atom. The molecule has 2 heterocycles. The van der Waals surface area contributed by atoms with E-state index in [1.54, 1.807) is 12.4 Å². The van der Waals surface area contributed by atoms with Gasteiger partial charge in [0.1, 0.15) is 0 Å².